The average Bonchev–Trinajstić information content (AvgIpc) is 2.54. The Morgan fingerprint density at radius 3 is 2.81 bits per heavy atom. The van der Waals surface area contributed by atoms with Gasteiger partial charge in [-0.15, -0.1) is 0 Å². The maximum Gasteiger partial charge on any atom is 0.243 e. The minimum absolute atomic E-state index is 0.0381. The zero-order valence-corrected chi connectivity index (χ0v) is 13.2. The minimum Gasteiger partial charge on any atom is -0.385 e. The molecule has 5 nitrogen and oxygen atoms in total. The Hall–Kier alpha value is -1.11. The lowest BCUT2D eigenvalue weighted by Crippen LogP contribution is -2.41. The van der Waals surface area contributed by atoms with E-state index in [2.05, 4.69) is 5.32 Å². The first-order valence-corrected chi connectivity index (χ1v) is 8.96. The lowest BCUT2D eigenvalue weighted by Gasteiger charge is -2.31. The molecule has 2 aliphatic heterocycles. The van der Waals surface area contributed by atoms with Gasteiger partial charge in [0.25, 0.3) is 0 Å². The van der Waals surface area contributed by atoms with Crippen molar-refractivity contribution in [1.82, 2.24) is 4.31 Å². The largest absolute Gasteiger partial charge is 0.385 e. The second-order valence-corrected chi connectivity index (χ2v) is 7.64. The van der Waals surface area contributed by atoms with Crippen molar-refractivity contribution in [3.05, 3.63) is 23.8 Å². The number of hydrogen-bond donors (Lipinski definition) is 1. The van der Waals surface area contributed by atoms with Crippen molar-refractivity contribution in [3.63, 3.8) is 0 Å². The van der Waals surface area contributed by atoms with Gasteiger partial charge in [0.2, 0.25) is 10.0 Å². The molecule has 2 aliphatic rings. The van der Waals surface area contributed by atoms with Crippen LogP contribution in [-0.2, 0) is 21.2 Å². The van der Waals surface area contributed by atoms with E-state index in [4.69, 9.17) is 4.74 Å². The van der Waals surface area contributed by atoms with Gasteiger partial charge in [0.05, 0.1) is 4.90 Å². The smallest absolute Gasteiger partial charge is 0.243 e. The van der Waals surface area contributed by atoms with Gasteiger partial charge in [-0.25, -0.2) is 8.42 Å². The van der Waals surface area contributed by atoms with E-state index in [0.717, 1.165) is 43.5 Å². The number of ether oxygens (including phenoxy) is 1. The molecule has 1 N–H and O–H groups in total. The standard InChI is InChI=1S/C15H22N2O3S/c1-17(12-7-10-20-11-8-12)21(18,19)15-6-2-5-14-13(15)4-3-9-16-14/h2,5-6,12,16H,3-4,7-11H2,1H3. The predicted molar refractivity (Wildman–Crippen MR) is 82.0 cm³/mol. The molecule has 0 amide bonds. The van der Waals surface area contributed by atoms with Gasteiger partial charge < -0.3 is 10.1 Å². The van der Waals surface area contributed by atoms with E-state index in [0.29, 0.717) is 18.1 Å². The van der Waals surface area contributed by atoms with E-state index in [1.807, 2.05) is 12.1 Å². The number of fused-ring (bicyclic) bond motifs is 1. The molecule has 2 heterocycles. The Morgan fingerprint density at radius 2 is 2.05 bits per heavy atom. The first-order chi connectivity index (χ1) is 10.1. The lowest BCUT2D eigenvalue weighted by atomic mass is 10.0. The van der Waals surface area contributed by atoms with Gasteiger partial charge in [0.1, 0.15) is 0 Å². The van der Waals surface area contributed by atoms with Gasteiger partial charge in [-0.05, 0) is 43.4 Å². The molecule has 0 aliphatic carbocycles. The van der Waals surface area contributed by atoms with Gasteiger partial charge in [-0.1, -0.05) is 6.07 Å². The Labute approximate surface area is 126 Å². The van der Waals surface area contributed by atoms with E-state index in [-0.39, 0.29) is 6.04 Å². The van der Waals surface area contributed by atoms with Gasteiger partial charge in [-0.3, -0.25) is 0 Å². The van der Waals surface area contributed by atoms with E-state index in [1.54, 1.807) is 17.4 Å². The summed E-state index contributed by atoms with van der Waals surface area (Å²) in [4.78, 5) is 0.459. The van der Waals surface area contributed by atoms with Crippen LogP contribution in [0.2, 0.25) is 0 Å². The third-order valence-corrected chi connectivity index (χ3v) is 6.41. The molecule has 21 heavy (non-hydrogen) atoms. The highest BCUT2D eigenvalue weighted by atomic mass is 32.2. The number of nitrogens with one attached hydrogen (secondary N) is 1. The van der Waals surface area contributed by atoms with Crippen LogP contribution in [-0.4, -0.2) is 45.6 Å². The molecule has 0 saturated carbocycles. The molecule has 0 atom stereocenters. The van der Waals surface area contributed by atoms with E-state index in [1.165, 1.54) is 0 Å². The number of rotatable bonds is 3. The van der Waals surface area contributed by atoms with E-state index >= 15 is 0 Å². The van der Waals surface area contributed by atoms with E-state index < -0.39 is 10.0 Å². The molecule has 1 fully saturated rings. The van der Waals surface area contributed by atoms with Gasteiger partial charge in [-0.2, -0.15) is 4.31 Å². The van der Waals surface area contributed by atoms with E-state index in [9.17, 15) is 8.42 Å². The first kappa shape index (κ1) is 14.8. The summed E-state index contributed by atoms with van der Waals surface area (Å²) in [6.07, 6.45) is 3.33. The summed E-state index contributed by atoms with van der Waals surface area (Å²) in [5, 5.41) is 3.29. The molecule has 1 saturated heterocycles. The SMILES string of the molecule is CN(C1CCOCC1)S(=O)(=O)c1cccc2c1CCCN2. The highest BCUT2D eigenvalue weighted by Crippen LogP contribution is 2.31. The molecule has 0 aromatic heterocycles. The highest BCUT2D eigenvalue weighted by Gasteiger charge is 2.31. The highest BCUT2D eigenvalue weighted by molar-refractivity contribution is 7.89. The molecule has 0 bridgehead atoms. The maximum absolute atomic E-state index is 13.0. The summed E-state index contributed by atoms with van der Waals surface area (Å²) in [6, 6.07) is 5.55. The van der Waals surface area contributed by atoms with Crippen LogP contribution >= 0.6 is 0 Å². The third-order valence-electron chi connectivity index (χ3n) is 4.41. The summed E-state index contributed by atoms with van der Waals surface area (Å²) in [5.41, 5.74) is 1.89. The molecule has 116 valence electrons. The predicted octanol–water partition coefficient (Wildman–Crippen LogP) is 1.84. The molecule has 0 unspecified atom stereocenters. The number of hydrogen-bond acceptors (Lipinski definition) is 4. The zero-order valence-electron chi connectivity index (χ0n) is 12.3. The van der Waals surface area contributed by atoms with Crippen molar-refractivity contribution in [2.24, 2.45) is 0 Å². The Balaban J connectivity index is 1.94. The second-order valence-electron chi connectivity index (χ2n) is 5.68. The molecular weight excluding hydrogens is 288 g/mol. The van der Waals surface area contributed by atoms with Crippen LogP contribution in [0.25, 0.3) is 0 Å². The number of nitrogens with zero attached hydrogens (tertiary/aromatic N) is 1. The van der Waals surface area contributed by atoms with Crippen LogP contribution < -0.4 is 5.32 Å². The lowest BCUT2D eigenvalue weighted by molar-refractivity contribution is 0.0632. The maximum atomic E-state index is 13.0. The average molecular weight is 310 g/mol. The Bertz CT molecular complexity index is 609. The normalized spacial score (nSPS) is 20.1. The topological polar surface area (TPSA) is 58.6 Å². The fraction of sp³-hybridized carbons (Fsp3) is 0.600. The molecule has 6 heteroatoms. The van der Waals surface area contributed by atoms with Crippen LogP contribution in [0.5, 0.6) is 0 Å². The van der Waals surface area contributed by atoms with Crippen molar-refractivity contribution in [3.8, 4) is 0 Å². The number of benzene rings is 1. The Kier molecular flexibility index (Phi) is 4.19. The van der Waals surface area contributed by atoms with Crippen molar-refractivity contribution in [2.75, 3.05) is 32.1 Å². The van der Waals surface area contributed by atoms with Crippen LogP contribution in [0, 0.1) is 0 Å². The molecular formula is C15H22N2O3S. The number of sulfonamides is 1. The third kappa shape index (κ3) is 2.80. The van der Waals surface area contributed by atoms with Crippen LogP contribution in [0.15, 0.2) is 23.1 Å². The van der Waals surface area contributed by atoms with Crippen molar-refractivity contribution >= 4 is 15.7 Å². The van der Waals surface area contributed by atoms with Crippen molar-refractivity contribution < 1.29 is 13.2 Å². The number of anilines is 1. The fourth-order valence-electron chi connectivity index (χ4n) is 3.12. The molecule has 3 rings (SSSR count). The van der Waals surface area contributed by atoms with Crippen molar-refractivity contribution in [1.29, 1.82) is 0 Å². The van der Waals surface area contributed by atoms with Gasteiger partial charge >= 0.3 is 0 Å². The summed E-state index contributed by atoms with van der Waals surface area (Å²) in [6.45, 7) is 2.18. The summed E-state index contributed by atoms with van der Waals surface area (Å²) in [7, 11) is -1.75. The molecule has 1 aromatic carbocycles. The van der Waals surface area contributed by atoms with Crippen LogP contribution in [0.3, 0.4) is 0 Å². The molecule has 1 aromatic rings. The van der Waals surface area contributed by atoms with Crippen molar-refractivity contribution in [2.45, 2.75) is 36.6 Å². The summed E-state index contributed by atoms with van der Waals surface area (Å²) < 4.78 is 32.8. The zero-order chi connectivity index (χ0) is 14.9. The van der Waals surface area contributed by atoms with Gasteiger partial charge in [0.15, 0.2) is 0 Å². The van der Waals surface area contributed by atoms with Gasteiger partial charge in [0, 0.05) is 38.5 Å². The second kappa shape index (κ2) is 5.94. The first-order valence-electron chi connectivity index (χ1n) is 7.52. The fourth-order valence-corrected chi connectivity index (χ4v) is 4.81. The Morgan fingerprint density at radius 1 is 1.29 bits per heavy atom. The monoisotopic (exact) mass is 310 g/mol. The summed E-state index contributed by atoms with van der Waals surface area (Å²) in [5.74, 6) is 0. The quantitative estimate of drug-likeness (QED) is 0.925. The van der Waals surface area contributed by atoms with Crippen LogP contribution in [0.4, 0.5) is 5.69 Å². The molecule has 0 spiro atoms. The minimum atomic E-state index is -3.44. The van der Waals surface area contributed by atoms with Crippen LogP contribution in [0.1, 0.15) is 24.8 Å². The molecule has 0 radical (unpaired) electrons. The summed E-state index contributed by atoms with van der Waals surface area (Å²) >= 11 is 0.